The summed E-state index contributed by atoms with van der Waals surface area (Å²) >= 11 is 6.08. The van der Waals surface area contributed by atoms with Gasteiger partial charge in [-0.25, -0.2) is 9.78 Å². The van der Waals surface area contributed by atoms with Gasteiger partial charge in [-0.15, -0.1) is 0 Å². The summed E-state index contributed by atoms with van der Waals surface area (Å²) in [6, 6.07) is 13.1. The second kappa shape index (κ2) is 11.8. The predicted molar refractivity (Wildman–Crippen MR) is 174 cm³/mol. The van der Waals surface area contributed by atoms with E-state index < -0.39 is 6.03 Å². The highest BCUT2D eigenvalue weighted by molar-refractivity contribution is 8.00. The van der Waals surface area contributed by atoms with Crippen LogP contribution in [-0.4, -0.2) is 65.2 Å². The zero-order chi connectivity index (χ0) is 30.3. The third-order valence-electron chi connectivity index (χ3n) is 7.57. The molecule has 2 unspecified atom stereocenters. The molecule has 0 spiro atoms. The maximum atomic E-state index is 12.5. The van der Waals surface area contributed by atoms with E-state index in [1.165, 1.54) is 0 Å². The van der Waals surface area contributed by atoms with Gasteiger partial charge in [-0.05, 0) is 42.7 Å². The van der Waals surface area contributed by atoms with Crippen molar-refractivity contribution in [3.05, 3.63) is 53.8 Å². The van der Waals surface area contributed by atoms with Gasteiger partial charge in [0.15, 0.2) is 11.3 Å². The van der Waals surface area contributed by atoms with Crippen LogP contribution < -0.4 is 25.8 Å². The van der Waals surface area contributed by atoms with Crippen molar-refractivity contribution in [3.8, 4) is 0 Å². The zero-order valence-corrected chi connectivity index (χ0v) is 26.3. The number of rotatable bonds is 9. The molecule has 43 heavy (non-hydrogen) atoms. The first kappa shape index (κ1) is 29.4. The van der Waals surface area contributed by atoms with E-state index in [4.69, 9.17) is 14.5 Å². The Hall–Kier alpha value is -3.71. The third-order valence-corrected chi connectivity index (χ3v) is 9.11. The van der Waals surface area contributed by atoms with Crippen LogP contribution in [0.25, 0.3) is 0 Å². The molecule has 3 aliphatic rings. The summed E-state index contributed by atoms with van der Waals surface area (Å²) < 4.78 is 5.33. The highest BCUT2D eigenvalue weighted by Crippen LogP contribution is 2.46. The first-order valence-electron chi connectivity index (χ1n) is 14.4. The third kappa shape index (κ3) is 6.62. The predicted octanol–water partition coefficient (Wildman–Crippen LogP) is 4.97. The minimum Gasteiger partial charge on any atom is -0.359 e. The maximum Gasteiger partial charge on any atom is 0.324 e. The van der Waals surface area contributed by atoms with Crippen molar-refractivity contribution in [1.82, 2.24) is 15.5 Å². The Morgan fingerprint density at radius 3 is 2.60 bits per heavy atom. The van der Waals surface area contributed by atoms with Gasteiger partial charge in [0.2, 0.25) is 5.91 Å². The summed E-state index contributed by atoms with van der Waals surface area (Å²) in [5.74, 6) is 2.80. The molecule has 1 aromatic carbocycles. The van der Waals surface area contributed by atoms with E-state index >= 15 is 0 Å². The quantitative estimate of drug-likeness (QED) is 0.247. The van der Waals surface area contributed by atoms with Gasteiger partial charge in [-0.3, -0.25) is 15.1 Å². The first-order chi connectivity index (χ1) is 20.6. The number of nitrogens with zero attached hydrogens (tertiary/aromatic N) is 5. The molecule has 2 aromatic heterocycles. The number of thiol groups is 1. The second-order valence-corrected chi connectivity index (χ2v) is 13.6. The number of pyridine rings is 1. The standard InChI is InChI=1S/C30H36N8O3S2/c1-30(2,3)23-13-24(36-41-23)34-28(40)32-19-9-7-17(8-10-19)21-15-38-22-11-12-25(35-27(22)43-29(38)33-21)37(4)14-20(16-42)31-26(39)18-5-6-18/h7-13,18,20,29,42H,5-6,14-16H2,1-4H3,(H,31,39)(H2,32,34,36,40). The number of anilines is 4. The molecule has 0 saturated heterocycles. The van der Waals surface area contributed by atoms with E-state index in [1.807, 2.05) is 58.2 Å². The van der Waals surface area contributed by atoms with E-state index in [0.717, 1.165) is 40.6 Å². The van der Waals surface area contributed by atoms with Crippen molar-refractivity contribution >= 4 is 65.1 Å². The van der Waals surface area contributed by atoms with E-state index in [2.05, 4.69) is 49.6 Å². The number of hydrogen-bond acceptors (Lipinski definition) is 10. The number of carbonyl (C=O) groups excluding carboxylic acids is 2. The van der Waals surface area contributed by atoms with E-state index in [0.29, 0.717) is 36.1 Å². The van der Waals surface area contributed by atoms with Gasteiger partial charge in [-0.1, -0.05) is 49.8 Å². The lowest BCUT2D eigenvalue weighted by atomic mass is 9.93. The molecule has 3 N–H and O–H groups in total. The average Bonchev–Trinajstić information content (AvgIpc) is 3.42. The Morgan fingerprint density at radius 1 is 1.16 bits per heavy atom. The van der Waals surface area contributed by atoms with Crippen LogP contribution in [-0.2, 0) is 10.2 Å². The van der Waals surface area contributed by atoms with Gasteiger partial charge in [0.25, 0.3) is 0 Å². The van der Waals surface area contributed by atoms with Crippen LogP contribution in [0.3, 0.4) is 0 Å². The Labute approximate surface area is 260 Å². The Morgan fingerprint density at radius 2 is 1.93 bits per heavy atom. The van der Waals surface area contributed by atoms with Crippen LogP contribution in [0.4, 0.5) is 27.8 Å². The molecule has 226 valence electrons. The number of nitrogens with one attached hydrogen (secondary N) is 3. The Bertz CT molecular complexity index is 1550. The number of hydrogen-bond donors (Lipinski definition) is 4. The number of urea groups is 1. The fraction of sp³-hybridized carbons (Fsp3) is 0.433. The smallest absolute Gasteiger partial charge is 0.324 e. The largest absolute Gasteiger partial charge is 0.359 e. The number of aliphatic imine (C=N–C) groups is 1. The molecule has 0 radical (unpaired) electrons. The topological polar surface area (TPSA) is 128 Å². The van der Waals surface area contributed by atoms with E-state index in [1.54, 1.807) is 17.8 Å². The highest BCUT2D eigenvalue weighted by Gasteiger charge is 2.37. The number of aromatic nitrogens is 2. The lowest BCUT2D eigenvalue weighted by Crippen LogP contribution is -2.44. The molecular formula is C30H36N8O3S2. The van der Waals surface area contributed by atoms with Gasteiger partial charge in [0.05, 0.1) is 24.0 Å². The van der Waals surface area contributed by atoms with Gasteiger partial charge < -0.3 is 25.0 Å². The average molecular weight is 621 g/mol. The summed E-state index contributed by atoms with van der Waals surface area (Å²) in [6.45, 7) is 7.36. The molecule has 2 atom stereocenters. The number of benzene rings is 1. The molecule has 1 fully saturated rings. The van der Waals surface area contributed by atoms with Crippen LogP contribution in [0.5, 0.6) is 0 Å². The summed E-state index contributed by atoms with van der Waals surface area (Å²) in [5.41, 5.74) is 3.46. The number of thioether (sulfide) groups is 1. The highest BCUT2D eigenvalue weighted by atomic mass is 32.2. The minimum absolute atomic E-state index is 0.0366. The van der Waals surface area contributed by atoms with Crippen LogP contribution in [0.2, 0.25) is 0 Å². The van der Waals surface area contributed by atoms with Crippen molar-refractivity contribution in [2.45, 2.75) is 55.6 Å². The monoisotopic (exact) mass is 620 g/mol. The lowest BCUT2D eigenvalue weighted by molar-refractivity contribution is -0.122. The lowest BCUT2D eigenvalue weighted by Gasteiger charge is -2.25. The number of amides is 3. The molecule has 3 aromatic rings. The molecule has 4 heterocycles. The van der Waals surface area contributed by atoms with Crippen molar-refractivity contribution in [3.63, 3.8) is 0 Å². The van der Waals surface area contributed by atoms with E-state index in [-0.39, 0.29) is 28.8 Å². The van der Waals surface area contributed by atoms with Crippen LogP contribution in [0, 0.1) is 5.92 Å². The fourth-order valence-corrected chi connectivity index (χ4v) is 6.29. The van der Waals surface area contributed by atoms with Crippen molar-refractivity contribution in [1.29, 1.82) is 0 Å². The zero-order valence-electron chi connectivity index (χ0n) is 24.6. The van der Waals surface area contributed by atoms with Gasteiger partial charge >= 0.3 is 6.03 Å². The van der Waals surface area contributed by atoms with E-state index in [9.17, 15) is 9.59 Å². The molecule has 11 nitrogen and oxygen atoms in total. The normalized spacial score (nSPS) is 18.0. The molecule has 3 amide bonds. The second-order valence-electron chi connectivity index (χ2n) is 12.2. The summed E-state index contributed by atoms with van der Waals surface area (Å²) in [5, 5.41) is 13.5. The molecule has 1 saturated carbocycles. The van der Waals surface area contributed by atoms with Crippen LogP contribution in [0.1, 0.15) is 44.9 Å². The molecule has 13 heteroatoms. The van der Waals surface area contributed by atoms with Gasteiger partial charge in [0, 0.05) is 42.4 Å². The van der Waals surface area contributed by atoms with Crippen molar-refractivity contribution < 1.29 is 14.1 Å². The van der Waals surface area contributed by atoms with Gasteiger partial charge in [0.1, 0.15) is 16.6 Å². The molecule has 2 aliphatic heterocycles. The first-order valence-corrected chi connectivity index (χ1v) is 15.9. The maximum absolute atomic E-state index is 12.5. The molecular weight excluding hydrogens is 585 g/mol. The number of carbonyl (C=O) groups is 2. The minimum atomic E-state index is -0.393. The molecule has 6 rings (SSSR count). The Kier molecular flexibility index (Phi) is 8.03. The summed E-state index contributed by atoms with van der Waals surface area (Å²) in [4.78, 5) is 38.9. The van der Waals surface area contributed by atoms with Gasteiger partial charge in [-0.2, -0.15) is 12.6 Å². The van der Waals surface area contributed by atoms with Crippen molar-refractivity contribution in [2.24, 2.45) is 10.9 Å². The summed E-state index contributed by atoms with van der Waals surface area (Å²) in [6.07, 6.45) is 1.97. The SMILES string of the molecule is CN(CC(CS)NC(=O)C1CC1)c1ccc2c(n1)SC1N=C(c3ccc(NC(=O)Nc4cc(C(C)(C)C)on4)cc3)CN21. The summed E-state index contributed by atoms with van der Waals surface area (Å²) in [7, 11) is 1.99. The molecule has 0 bridgehead atoms. The van der Waals surface area contributed by atoms with Crippen LogP contribution >= 0.6 is 24.4 Å². The number of likely N-dealkylation sites (N-methyl/N-ethyl adjacent to an activating group) is 1. The number of fused-ring (bicyclic) bond motifs is 3. The fourth-order valence-electron chi connectivity index (χ4n) is 4.93. The van der Waals surface area contributed by atoms with Crippen LogP contribution in [0.15, 0.2) is 57.0 Å². The Balaban J connectivity index is 1.04. The molecule has 1 aliphatic carbocycles. The van der Waals surface area contributed by atoms with Crippen molar-refractivity contribution in [2.75, 3.05) is 46.3 Å².